The number of aliphatic hydroxyl groups is 3. The highest BCUT2D eigenvalue weighted by Gasteiger charge is 2.43. The number of hydrogen-bond donors (Lipinski definition) is 20. The summed E-state index contributed by atoms with van der Waals surface area (Å²) in [6.45, 7) is 3.03. The van der Waals surface area contributed by atoms with E-state index >= 15 is 0 Å². The van der Waals surface area contributed by atoms with Crippen LogP contribution in [0.3, 0.4) is 0 Å². The average molecular weight is 1450 g/mol. The number of benzene rings is 1. The molecule has 0 saturated carbocycles. The first-order valence-corrected chi connectivity index (χ1v) is 32.7. The Morgan fingerprint density at radius 1 is 0.480 bits per heavy atom. The van der Waals surface area contributed by atoms with Gasteiger partial charge in [0.25, 0.3) is 0 Å². The van der Waals surface area contributed by atoms with Crippen LogP contribution in [0, 0.1) is 5.92 Å². The Balaban J connectivity index is 1.81. The van der Waals surface area contributed by atoms with Crippen molar-refractivity contribution in [1.29, 1.82) is 0 Å². The number of nitrogens with one attached hydrogen (secondary N) is 10. The second-order valence-corrected chi connectivity index (χ2v) is 25.0. The maximum atomic E-state index is 14.4. The van der Waals surface area contributed by atoms with E-state index in [1.165, 1.54) is 0 Å². The summed E-state index contributed by atoms with van der Waals surface area (Å²) in [5.74, 6) is -21.1. The van der Waals surface area contributed by atoms with Crippen LogP contribution in [0.1, 0.15) is 123 Å². The number of carboxylic acid groups (broad SMARTS) is 3. The van der Waals surface area contributed by atoms with Gasteiger partial charge in [-0.2, -0.15) is 0 Å². The Labute approximate surface area is 584 Å². The lowest BCUT2D eigenvalue weighted by molar-refractivity contribution is -0.144. The number of carbonyl (C=O) groups is 18. The van der Waals surface area contributed by atoms with Gasteiger partial charge in [0.15, 0.2) is 0 Å². The Hall–Kier alpha value is -10.5. The molecule has 3 rings (SSSR count). The molecular formula is C62H94N16O24. The molecule has 2 saturated heterocycles. The number of carboxylic acids is 3. The normalized spacial score (nSPS) is 17.6. The van der Waals surface area contributed by atoms with E-state index in [-0.39, 0.29) is 57.5 Å². The second-order valence-electron chi connectivity index (χ2n) is 25.0. The molecule has 2 fully saturated rings. The standard InChI is InChI=1S/C62H94N16O24/c1-29(2)24-39(62(101)102)73-54(93)38(26-45(66)84)72-52(91)34(16-20-47(86)87)68-46(85)27-67-56(95)41-12-8-22-77(41)60(99)36(15-19-44(65)83)70-53(92)35(14-18-43(64)82)69-57(96)42-13-9-23-78(42)61(100)37(17-21-48(88)89)71-58(97)50(31(4)81)76-55(94)40(28-79)74-59(98)49(30(3)80)75-51(90)33(63)25-32-10-6-5-7-11-32/h5-7,10-11,29-31,33-42,49-50,79-81H,8-9,12-28,63H2,1-4H3,(H2,64,82)(H2,65,83)(H2,66,84)(H,67,95)(H,68,85)(H,69,96)(H,70,92)(H,71,97)(H,72,91)(H,73,93)(H,74,98)(H,75,90)(H,76,94)(H,86,87)(H,88,89)(H,101,102)/t30-,31-,33+,34+,35+,36+,37+,38+,39+,40+,41+,42+,49+,50+/m1/s1. The van der Waals surface area contributed by atoms with Gasteiger partial charge in [0.2, 0.25) is 88.6 Å². The van der Waals surface area contributed by atoms with Gasteiger partial charge in [-0.1, -0.05) is 44.2 Å². The summed E-state index contributed by atoms with van der Waals surface area (Å²) in [6.07, 6.45) is -9.26. The quantitative estimate of drug-likeness (QED) is 0.0288. The zero-order chi connectivity index (χ0) is 76.8. The molecule has 40 heteroatoms. The molecule has 0 bridgehead atoms. The predicted octanol–water partition coefficient (Wildman–Crippen LogP) is -8.96. The van der Waals surface area contributed by atoms with Gasteiger partial charge in [-0.15, -0.1) is 0 Å². The second kappa shape index (κ2) is 41.9. The van der Waals surface area contributed by atoms with Crippen molar-refractivity contribution in [2.75, 3.05) is 26.2 Å². The van der Waals surface area contributed by atoms with Gasteiger partial charge in [0.1, 0.15) is 66.5 Å². The van der Waals surface area contributed by atoms with Crippen LogP contribution < -0.4 is 76.1 Å². The molecule has 1 aromatic carbocycles. The molecule has 0 aromatic heterocycles. The third-order valence-electron chi connectivity index (χ3n) is 16.2. The van der Waals surface area contributed by atoms with Crippen molar-refractivity contribution in [2.24, 2.45) is 28.9 Å². The highest BCUT2D eigenvalue weighted by molar-refractivity contribution is 6.01. The summed E-state index contributed by atoms with van der Waals surface area (Å²) in [5.41, 5.74) is 22.8. The number of aliphatic hydroxyl groups excluding tert-OH is 3. The van der Waals surface area contributed by atoms with Gasteiger partial charge in [0.05, 0.1) is 37.8 Å². The summed E-state index contributed by atoms with van der Waals surface area (Å²) >= 11 is 0. The lowest BCUT2D eigenvalue weighted by atomic mass is 10.0. The summed E-state index contributed by atoms with van der Waals surface area (Å²) in [5, 5.41) is 82.6. The van der Waals surface area contributed by atoms with Crippen LogP contribution in [0.15, 0.2) is 30.3 Å². The highest BCUT2D eigenvalue weighted by atomic mass is 16.4. The SMILES string of the molecule is CC(C)C[C@H](NC(=O)[C@H](CC(N)=O)NC(=O)[C@H](CCC(=O)O)NC(=O)CNC(=O)[C@@H]1CCCN1C(=O)[C@H](CCC(N)=O)NC(=O)[C@H](CCC(N)=O)NC(=O)[C@@H]1CCCN1C(=O)[C@H](CCC(=O)O)NC(=O)[C@@H](NC(=O)[C@H](CO)NC(=O)[C@@H](NC(=O)[C@@H](N)Cc1ccccc1)[C@@H](C)O)[C@@H](C)O)C(=O)O. The Kier molecular flexibility index (Phi) is 35.3. The summed E-state index contributed by atoms with van der Waals surface area (Å²) < 4.78 is 0. The van der Waals surface area contributed by atoms with Gasteiger partial charge in [-0.05, 0) is 89.5 Å². The number of primary amides is 3. The first-order chi connectivity index (χ1) is 47.8. The molecule has 0 unspecified atom stereocenters. The van der Waals surface area contributed by atoms with E-state index in [0.29, 0.717) is 5.56 Å². The first-order valence-electron chi connectivity index (χ1n) is 32.7. The van der Waals surface area contributed by atoms with E-state index in [1.807, 2.05) is 0 Å². The van der Waals surface area contributed by atoms with Crippen molar-refractivity contribution in [3.8, 4) is 0 Å². The smallest absolute Gasteiger partial charge is 0.326 e. The molecule has 0 aliphatic carbocycles. The molecule has 15 amide bonds. The maximum absolute atomic E-state index is 14.4. The van der Waals surface area contributed by atoms with Crippen molar-refractivity contribution < 1.29 is 117 Å². The van der Waals surface area contributed by atoms with E-state index in [9.17, 15) is 117 Å². The Bertz CT molecular complexity index is 3210. The van der Waals surface area contributed by atoms with Crippen molar-refractivity contribution in [2.45, 2.75) is 209 Å². The van der Waals surface area contributed by atoms with Gasteiger partial charge < -0.3 is 117 Å². The lowest BCUT2D eigenvalue weighted by Gasteiger charge is -2.32. The summed E-state index contributed by atoms with van der Waals surface area (Å²) in [6, 6.07) is -11.5. The van der Waals surface area contributed by atoms with Crippen LogP contribution in [-0.2, 0) is 92.7 Å². The number of likely N-dealkylation sites (tertiary alicyclic amines) is 2. The third-order valence-corrected chi connectivity index (χ3v) is 16.2. The van der Waals surface area contributed by atoms with Crippen LogP contribution in [-0.4, -0.2) is 258 Å². The van der Waals surface area contributed by atoms with Crippen molar-refractivity contribution in [1.82, 2.24) is 63.0 Å². The first kappa shape index (κ1) is 85.7. The number of rotatable bonds is 44. The molecule has 0 radical (unpaired) electrons. The molecule has 24 N–H and O–H groups in total. The molecule has 14 atom stereocenters. The number of carbonyl (C=O) groups excluding carboxylic acids is 15. The van der Waals surface area contributed by atoms with Gasteiger partial charge in [-0.3, -0.25) is 81.5 Å². The van der Waals surface area contributed by atoms with E-state index in [2.05, 4.69) is 53.2 Å². The van der Waals surface area contributed by atoms with Gasteiger partial charge >= 0.3 is 17.9 Å². The molecule has 566 valence electrons. The summed E-state index contributed by atoms with van der Waals surface area (Å²) in [7, 11) is 0. The van der Waals surface area contributed by atoms with Crippen molar-refractivity contribution in [3.63, 3.8) is 0 Å². The maximum Gasteiger partial charge on any atom is 0.326 e. The van der Waals surface area contributed by atoms with Crippen molar-refractivity contribution >= 4 is 107 Å². The molecule has 2 aliphatic rings. The van der Waals surface area contributed by atoms with Crippen LogP contribution in [0.2, 0.25) is 0 Å². The van der Waals surface area contributed by atoms with E-state index < -0.39 is 262 Å². The topological polar surface area (TPSA) is 660 Å². The lowest BCUT2D eigenvalue weighted by Crippen LogP contribution is -2.63. The van der Waals surface area contributed by atoms with Crippen LogP contribution >= 0.6 is 0 Å². The molecule has 102 heavy (non-hydrogen) atoms. The minimum Gasteiger partial charge on any atom is -0.481 e. The fraction of sp³-hybridized carbons (Fsp3) is 0.613. The van der Waals surface area contributed by atoms with Crippen molar-refractivity contribution in [3.05, 3.63) is 35.9 Å². The Morgan fingerprint density at radius 3 is 1.35 bits per heavy atom. The fourth-order valence-corrected chi connectivity index (χ4v) is 10.9. The van der Waals surface area contributed by atoms with Crippen LogP contribution in [0.5, 0.6) is 0 Å². The Morgan fingerprint density at radius 2 is 0.892 bits per heavy atom. The zero-order valence-corrected chi connectivity index (χ0v) is 56.7. The summed E-state index contributed by atoms with van der Waals surface area (Å²) in [4.78, 5) is 239. The number of aliphatic carboxylic acids is 3. The van der Waals surface area contributed by atoms with Crippen LogP contribution in [0.25, 0.3) is 0 Å². The van der Waals surface area contributed by atoms with Crippen LogP contribution in [0.4, 0.5) is 0 Å². The molecule has 1 aromatic rings. The zero-order valence-electron chi connectivity index (χ0n) is 56.7. The highest BCUT2D eigenvalue weighted by Crippen LogP contribution is 2.23. The van der Waals surface area contributed by atoms with E-state index in [0.717, 1.165) is 23.6 Å². The van der Waals surface area contributed by atoms with Gasteiger partial charge in [-0.25, -0.2) is 4.79 Å². The molecule has 0 spiro atoms. The van der Waals surface area contributed by atoms with E-state index in [1.54, 1.807) is 44.2 Å². The average Bonchev–Trinajstić information content (AvgIpc) is 1.63. The number of hydrogen-bond acceptors (Lipinski definition) is 22. The molecular weight excluding hydrogens is 1350 g/mol. The minimum absolute atomic E-state index is 0.0328. The number of nitrogens with two attached hydrogens (primary N) is 4. The number of amides is 15. The van der Waals surface area contributed by atoms with E-state index in [4.69, 9.17) is 22.9 Å². The predicted molar refractivity (Wildman–Crippen MR) is 350 cm³/mol. The largest absolute Gasteiger partial charge is 0.481 e. The third kappa shape index (κ3) is 28.6. The molecule has 2 heterocycles. The van der Waals surface area contributed by atoms with Gasteiger partial charge in [0, 0.05) is 38.8 Å². The monoisotopic (exact) mass is 1450 g/mol. The molecule has 40 nitrogen and oxygen atoms in total. The fourth-order valence-electron chi connectivity index (χ4n) is 10.9. The molecule has 2 aliphatic heterocycles. The minimum atomic E-state index is -2.01. The number of nitrogens with zero attached hydrogens (tertiary/aromatic N) is 2.